The number of Topliss-reactive ketones (excluding diaryl/α,β-unsaturated/α-hetero) is 1. The lowest BCUT2D eigenvalue weighted by Gasteiger charge is -2.39. The number of aromatic nitrogens is 1. The van der Waals surface area contributed by atoms with E-state index in [1.165, 1.54) is 6.07 Å². The summed E-state index contributed by atoms with van der Waals surface area (Å²) < 4.78 is 19.2. The van der Waals surface area contributed by atoms with E-state index in [9.17, 15) is 9.18 Å². The van der Waals surface area contributed by atoms with Crippen molar-refractivity contribution in [1.29, 1.82) is 0 Å². The summed E-state index contributed by atoms with van der Waals surface area (Å²) in [7, 11) is 0. The van der Waals surface area contributed by atoms with Crippen LogP contribution < -0.4 is 5.32 Å². The summed E-state index contributed by atoms with van der Waals surface area (Å²) in [6.07, 6.45) is 1.40. The van der Waals surface area contributed by atoms with Crippen molar-refractivity contribution in [2.45, 2.75) is 31.8 Å². The van der Waals surface area contributed by atoms with Gasteiger partial charge in [-0.15, -0.1) is 0 Å². The number of piperidine rings is 1. The fraction of sp³-hybridized carbons (Fsp3) is 0.571. The second-order valence-electron chi connectivity index (χ2n) is 5.41. The summed E-state index contributed by atoms with van der Waals surface area (Å²) in [4.78, 5) is 16.5. The third kappa shape index (κ3) is 2.53. The number of fused-ring (bicyclic) bond motifs is 2. The maximum absolute atomic E-state index is 13.7. The Kier molecular flexibility index (Phi) is 3.33. The SMILES string of the molecule is Cc1ccc(F)c(C(=O)C2CC3COCC(C2)N3)n1. The second-order valence-corrected chi connectivity index (χ2v) is 5.41. The molecule has 2 atom stereocenters. The maximum atomic E-state index is 13.7. The molecule has 5 heteroatoms. The van der Waals surface area contributed by atoms with Gasteiger partial charge in [-0.25, -0.2) is 9.37 Å². The summed E-state index contributed by atoms with van der Waals surface area (Å²) in [5.41, 5.74) is 0.660. The van der Waals surface area contributed by atoms with Crippen molar-refractivity contribution in [2.75, 3.05) is 13.2 Å². The highest BCUT2D eigenvalue weighted by molar-refractivity contribution is 5.96. The van der Waals surface area contributed by atoms with Gasteiger partial charge in [-0.05, 0) is 31.9 Å². The van der Waals surface area contributed by atoms with Crippen LogP contribution in [0.25, 0.3) is 0 Å². The monoisotopic (exact) mass is 264 g/mol. The van der Waals surface area contributed by atoms with Gasteiger partial charge in [0.1, 0.15) is 5.69 Å². The molecule has 2 aliphatic rings. The van der Waals surface area contributed by atoms with Gasteiger partial charge < -0.3 is 10.1 Å². The van der Waals surface area contributed by atoms with Crippen molar-refractivity contribution in [3.63, 3.8) is 0 Å². The molecule has 1 N–H and O–H groups in total. The molecule has 3 heterocycles. The second kappa shape index (κ2) is 4.98. The Labute approximate surface area is 111 Å². The Balaban J connectivity index is 1.82. The Morgan fingerprint density at radius 3 is 2.74 bits per heavy atom. The van der Waals surface area contributed by atoms with Crippen LogP contribution in [0.15, 0.2) is 12.1 Å². The molecule has 0 aromatic carbocycles. The molecule has 2 fully saturated rings. The standard InChI is InChI=1S/C14H17FN2O2/c1-8-2-3-12(15)13(16-8)14(18)9-4-10-6-19-7-11(5-9)17-10/h2-3,9-11,17H,4-7H2,1H3. The zero-order chi connectivity index (χ0) is 13.4. The van der Waals surface area contributed by atoms with E-state index < -0.39 is 5.82 Å². The first-order chi connectivity index (χ1) is 9.13. The number of aryl methyl sites for hydroxylation is 1. The number of morpholine rings is 1. The molecule has 2 unspecified atom stereocenters. The van der Waals surface area contributed by atoms with Crippen LogP contribution in [0.5, 0.6) is 0 Å². The molecular weight excluding hydrogens is 247 g/mol. The number of halogens is 1. The number of carbonyl (C=O) groups is 1. The number of hydrogen-bond donors (Lipinski definition) is 1. The quantitative estimate of drug-likeness (QED) is 0.822. The van der Waals surface area contributed by atoms with Gasteiger partial charge in [0, 0.05) is 23.7 Å². The molecule has 0 saturated carbocycles. The smallest absolute Gasteiger partial charge is 0.187 e. The average molecular weight is 264 g/mol. The van der Waals surface area contributed by atoms with E-state index in [-0.39, 0.29) is 29.5 Å². The van der Waals surface area contributed by atoms with Crippen LogP contribution in [0.4, 0.5) is 4.39 Å². The summed E-state index contributed by atoms with van der Waals surface area (Å²) in [5, 5.41) is 3.42. The number of ketones is 1. The van der Waals surface area contributed by atoms with Gasteiger partial charge in [-0.1, -0.05) is 0 Å². The van der Waals surface area contributed by atoms with E-state index in [4.69, 9.17) is 4.74 Å². The minimum absolute atomic E-state index is 0.00843. The van der Waals surface area contributed by atoms with Gasteiger partial charge in [0.05, 0.1) is 13.2 Å². The van der Waals surface area contributed by atoms with Crippen LogP contribution in [-0.4, -0.2) is 36.1 Å². The molecule has 0 radical (unpaired) electrons. The average Bonchev–Trinajstić information content (AvgIpc) is 2.40. The predicted molar refractivity (Wildman–Crippen MR) is 67.5 cm³/mol. The van der Waals surface area contributed by atoms with Crippen LogP contribution in [0, 0.1) is 18.7 Å². The lowest BCUT2D eigenvalue weighted by Crippen LogP contribution is -2.55. The molecule has 2 saturated heterocycles. The topological polar surface area (TPSA) is 51.2 Å². The first kappa shape index (κ1) is 12.7. The summed E-state index contributed by atoms with van der Waals surface area (Å²) >= 11 is 0. The molecule has 4 nitrogen and oxygen atoms in total. The molecule has 3 rings (SSSR count). The highest BCUT2D eigenvalue weighted by atomic mass is 19.1. The summed E-state index contributed by atoms with van der Waals surface area (Å²) in [6.45, 7) is 3.02. The molecular formula is C14H17FN2O2. The Morgan fingerprint density at radius 1 is 1.37 bits per heavy atom. The van der Waals surface area contributed by atoms with Gasteiger partial charge in [-0.3, -0.25) is 4.79 Å². The van der Waals surface area contributed by atoms with Gasteiger partial charge >= 0.3 is 0 Å². The largest absolute Gasteiger partial charge is 0.378 e. The van der Waals surface area contributed by atoms with E-state index in [0.29, 0.717) is 31.7 Å². The van der Waals surface area contributed by atoms with Crippen molar-refractivity contribution >= 4 is 5.78 Å². The van der Waals surface area contributed by atoms with Crippen LogP contribution in [0.1, 0.15) is 29.0 Å². The van der Waals surface area contributed by atoms with E-state index in [1.807, 2.05) is 0 Å². The van der Waals surface area contributed by atoms with Crippen molar-refractivity contribution < 1.29 is 13.9 Å². The minimum Gasteiger partial charge on any atom is -0.378 e. The lowest BCUT2D eigenvalue weighted by atomic mass is 9.83. The number of nitrogens with one attached hydrogen (secondary N) is 1. The molecule has 1 aromatic rings. The third-order valence-electron chi connectivity index (χ3n) is 3.84. The van der Waals surface area contributed by atoms with E-state index in [1.54, 1.807) is 13.0 Å². The molecule has 0 amide bonds. The van der Waals surface area contributed by atoms with Crippen molar-refractivity contribution in [1.82, 2.24) is 10.3 Å². The van der Waals surface area contributed by atoms with Crippen LogP contribution in [0.2, 0.25) is 0 Å². The zero-order valence-corrected chi connectivity index (χ0v) is 10.9. The number of rotatable bonds is 2. The van der Waals surface area contributed by atoms with Crippen LogP contribution in [0.3, 0.4) is 0 Å². The molecule has 102 valence electrons. The third-order valence-corrected chi connectivity index (χ3v) is 3.84. The number of pyridine rings is 1. The fourth-order valence-electron chi connectivity index (χ4n) is 2.96. The van der Waals surface area contributed by atoms with Crippen molar-refractivity contribution in [3.05, 3.63) is 29.3 Å². The first-order valence-corrected chi connectivity index (χ1v) is 6.64. The molecule has 1 aromatic heterocycles. The number of hydrogen-bond acceptors (Lipinski definition) is 4. The molecule has 2 aliphatic heterocycles. The summed E-state index contributed by atoms with van der Waals surface area (Å²) in [5.74, 6) is -0.834. The number of ether oxygens (including phenoxy) is 1. The van der Waals surface area contributed by atoms with E-state index in [0.717, 1.165) is 0 Å². The van der Waals surface area contributed by atoms with Gasteiger partial charge in [0.25, 0.3) is 0 Å². The fourth-order valence-corrected chi connectivity index (χ4v) is 2.96. The maximum Gasteiger partial charge on any atom is 0.187 e. The first-order valence-electron chi connectivity index (χ1n) is 6.64. The lowest BCUT2D eigenvalue weighted by molar-refractivity contribution is 0.00935. The van der Waals surface area contributed by atoms with E-state index in [2.05, 4.69) is 10.3 Å². The van der Waals surface area contributed by atoms with E-state index >= 15 is 0 Å². The predicted octanol–water partition coefficient (Wildman–Crippen LogP) is 1.48. The van der Waals surface area contributed by atoms with Gasteiger partial charge in [0.2, 0.25) is 0 Å². The van der Waals surface area contributed by atoms with Crippen LogP contribution >= 0.6 is 0 Å². The Morgan fingerprint density at radius 2 is 2.05 bits per heavy atom. The molecule has 0 aliphatic carbocycles. The molecule has 19 heavy (non-hydrogen) atoms. The number of nitrogens with zero attached hydrogens (tertiary/aromatic N) is 1. The Hall–Kier alpha value is -1.33. The van der Waals surface area contributed by atoms with Gasteiger partial charge in [-0.2, -0.15) is 0 Å². The molecule has 0 spiro atoms. The summed E-state index contributed by atoms with van der Waals surface area (Å²) in [6, 6.07) is 3.31. The van der Waals surface area contributed by atoms with Crippen LogP contribution in [-0.2, 0) is 4.74 Å². The zero-order valence-electron chi connectivity index (χ0n) is 10.9. The minimum atomic E-state index is -0.518. The van der Waals surface area contributed by atoms with Crippen molar-refractivity contribution in [2.24, 2.45) is 5.92 Å². The highest BCUT2D eigenvalue weighted by Gasteiger charge is 2.36. The molecule has 2 bridgehead atoms. The van der Waals surface area contributed by atoms with Gasteiger partial charge in [0.15, 0.2) is 11.6 Å². The Bertz CT molecular complexity index is 494. The highest BCUT2D eigenvalue weighted by Crippen LogP contribution is 2.27. The normalized spacial score (nSPS) is 30.1. The number of carbonyl (C=O) groups excluding carboxylic acids is 1. The van der Waals surface area contributed by atoms with Crippen molar-refractivity contribution in [3.8, 4) is 0 Å².